The third kappa shape index (κ3) is 3.83. The van der Waals surface area contributed by atoms with Crippen molar-refractivity contribution in [3.05, 3.63) is 22.4 Å². The van der Waals surface area contributed by atoms with Crippen LogP contribution in [0.1, 0.15) is 30.6 Å². The highest BCUT2D eigenvalue weighted by Crippen LogP contribution is 2.13. The Morgan fingerprint density at radius 1 is 1.19 bits per heavy atom. The lowest BCUT2D eigenvalue weighted by Gasteiger charge is -2.26. The Balaban J connectivity index is 1.96. The predicted molar refractivity (Wildman–Crippen MR) is 84.2 cm³/mol. The molecule has 1 aliphatic rings. The minimum atomic E-state index is -0.455. The van der Waals surface area contributed by atoms with E-state index in [2.05, 4.69) is 0 Å². The molecule has 0 aliphatic carbocycles. The summed E-state index contributed by atoms with van der Waals surface area (Å²) in [6, 6.07) is 1.39. The smallest absolute Gasteiger partial charge is 0.254 e. The Morgan fingerprint density at radius 3 is 2.48 bits per heavy atom. The number of carbonyl (C=O) groups is 2. The molecule has 2 heterocycles. The van der Waals surface area contributed by atoms with E-state index in [9.17, 15) is 9.59 Å². The molecule has 0 saturated carbocycles. The molecule has 1 fully saturated rings. The highest BCUT2D eigenvalue weighted by molar-refractivity contribution is 7.08. The fourth-order valence-electron chi connectivity index (χ4n) is 2.41. The standard InChI is InChI=1S/C15H23N3O2S/c1-11(2)13(16)15(20)18-6-3-5-17(7-8-18)14(19)12-4-9-21-10-12/h4,9-11,13H,3,5-8,16H2,1-2H3/t13-/m0/s1. The topological polar surface area (TPSA) is 66.6 Å². The summed E-state index contributed by atoms with van der Waals surface area (Å²) in [7, 11) is 0. The van der Waals surface area contributed by atoms with Gasteiger partial charge in [0.15, 0.2) is 0 Å². The van der Waals surface area contributed by atoms with Gasteiger partial charge in [0.05, 0.1) is 11.6 Å². The maximum Gasteiger partial charge on any atom is 0.254 e. The monoisotopic (exact) mass is 309 g/mol. The van der Waals surface area contributed by atoms with Gasteiger partial charge in [0.25, 0.3) is 5.91 Å². The van der Waals surface area contributed by atoms with E-state index in [1.807, 2.05) is 35.6 Å². The maximum absolute atomic E-state index is 12.3. The van der Waals surface area contributed by atoms with Crippen molar-refractivity contribution < 1.29 is 9.59 Å². The van der Waals surface area contributed by atoms with E-state index in [4.69, 9.17) is 5.73 Å². The van der Waals surface area contributed by atoms with Crippen molar-refractivity contribution in [2.24, 2.45) is 11.7 Å². The number of thiophene rings is 1. The molecule has 1 aliphatic heterocycles. The summed E-state index contributed by atoms with van der Waals surface area (Å²) in [4.78, 5) is 28.3. The summed E-state index contributed by atoms with van der Waals surface area (Å²) in [5.41, 5.74) is 6.68. The molecule has 2 N–H and O–H groups in total. The highest BCUT2D eigenvalue weighted by Gasteiger charge is 2.27. The van der Waals surface area contributed by atoms with E-state index in [-0.39, 0.29) is 17.7 Å². The molecule has 0 unspecified atom stereocenters. The largest absolute Gasteiger partial charge is 0.340 e. The van der Waals surface area contributed by atoms with E-state index < -0.39 is 6.04 Å². The minimum absolute atomic E-state index is 0.00478. The van der Waals surface area contributed by atoms with Crippen molar-refractivity contribution >= 4 is 23.2 Å². The van der Waals surface area contributed by atoms with Gasteiger partial charge in [-0.1, -0.05) is 13.8 Å². The molecule has 5 nitrogen and oxygen atoms in total. The van der Waals surface area contributed by atoms with Gasteiger partial charge in [0.1, 0.15) is 0 Å². The van der Waals surface area contributed by atoms with Gasteiger partial charge < -0.3 is 15.5 Å². The van der Waals surface area contributed by atoms with Crippen LogP contribution < -0.4 is 5.73 Å². The third-order valence-electron chi connectivity index (χ3n) is 3.87. The third-order valence-corrected chi connectivity index (χ3v) is 4.55. The van der Waals surface area contributed by atoms with Crippen LogP contribution in [-0.4, -0.2) is 53.8 Å². The first-order valence-electron chi connectivity index (χ1n) is 7.36. The number of nitrogens with two attached hydrogens (primary N) is 1. The van der Waals surface area contributed by atoms with Gasteiger partial charge in [-0.25, -0.2) is 0 Å². The fraction of sp³-hybridized carbons (Fsp3) is 0.600. The fourth-order valence-corrected chi connectivity index (χ4v) is 3.04. The van der Waals surface area contributed by atoms with Crippen LogP contribution in [0.3, 0.4) is 0 Å². The number of nitrogens with zero attached hydrogens (tertiary/aromatic N) is 2. The molecule has 1 saturated heterocycles. The Hall–Kier alpha value is -1.40. The highest BCUT2D eigenvalue weighted by atomic mass is 32.1. The maximum atomic E-state index is 12.3. The minimum Gasteiger partial charge on any atom is -0.340 e. The number of hydrogen-bond acceptors (Lipinski definition) is 4. The van der Waals surface area contributed by atoms with E-state index >= 15 is 0 Å². The molecule has 1 aromatic heterocycles. The van der Waals surface area contributed by atoms with E-state index in [1.54, 1.807) is 4.90 Å². The first-order chi connectivity index (χ1) is 10.0. The first kappa shape index (κ1) is 16.0. The number of hydrogen-bond donors (Lipinski definition) is 1. The Labute approximate surface area is 129 Å². The Bertz CT molecular complexity index is 487. The zero-order valence-electron chi connectivity index (χ0n) is 12.6. The molecule has 21 heavy (non-hydrogen) atoms. The number of amides is 2. The van der Waals surface area contributed by atoms with Crippen molar-refractivity contribution in [3.8, 4) is 0 Å². The summed E-state index contributed by atoms with van der Waals surface area (Å²) in [5, 5.41) is 3.77. The molecule has 0 bridgehead atoms. The van der Waals surface area contributed by atoms with Crippen molar-refractivity contribution in [3.63, 3.8) is 0 Å². The molecule has 0 spiro atoms. The summed E-state index contributed by atoms with van der Waals surface area (Å²) in [6.07, 6.45) is 0.798. The van der Waals surface area contributed by atoms with Gasteiger partial charge >= 0.3 is 0 Å². The van der Waals surface area contributed by atoms with Gasteiger partial charge in [0, 0.05) is 31.6 Å². The molecule has 116 valence electrons. The van der Waals surface area contributed by atoms with Crippen LogP contribution in [-0.2, 0) is 4.79 Å². The van der Waals surface area contributed by atoms with E-state index in [0.29, 0.717) is 26.2 Å². The molecule has 2 amide bonds. The zero-order chi connectivity index (χ0) is 15.4. The molecular weight excluding hydrogens is 286 g/mol. The summed E-state index contributed by atoms with van der Waals surface area (Å²) >= 11 is 1.52. The van der Waals surface area contributed by atoms with Crippen LogP contribution in [0.2, 0.25) is 0 Å². The first-order valence-corrected chi connectivity index (χ1v) is 8.31. The molecule has 0 aromatic carbocycles. The van der Waals surface area contributed by atoms with Gasteiger partial charge in [-0.3, -0.25) is 9.59 Å². The normalized spacial score (nSPS) is 17.7. The van der Waals surface area contributed by atoms with Crippen LogP contribution in [0.5, 0.6) is 0 Å². The van der Waals surface area contributed by atoms with Gasteiger partial charge in [-0.05, 0) is 23.8 Å². The molecule has 1 aromatic rings. The van der Waals surface area contributed by atoms with Crippen molar-refractivity contribution in [2.45, 2.75) is 26.3 Å². The number of rotatable bonds is 3. The van der Waals surface area contributed by atoms with E-state index in [0.717, 1.165) is 12.0 Å². The molecule has 0 radical (unpaired) electrons. The SMILES string of the molecule is CC(C)[C@H](N)C(=O)N1CCCN(C(=O)c2ccsc2)CC1. The molecule has 2 rings (SSSR count). The molecular formula is C15H23N3O2S. The van der Waals surface area contributed by atoms with Crippen LogP contribution >= 0.6 is 11.3 Å². The Kier molecular flexibility index (Phi) is 5.36. The van der Waals surface area contributed by atoms with Crippen LogP contribution in [0, 0.1) is 5.92 Å². The quantitative estimate of drug-likeness (QED) is 0.918. The van der Waals surface area contributed by atoms with E-state index in [1.165, 1.54) is 11.3 Å². The van der Waals surface area contributed by atoms with Gasteiger partial charge in [-0.2, -0.15) is 11.3 Å². The predicted octanol–water partition coefficient (Wildman–Crippen LogP) is 1.41. The summed E-state index contributed by atoms with van der Waals surface area (Å²) < 4.78 is 0. The second-order valence-corrected chi connectivity index (χ2v) is 6.53. The van der Waals surface area contributed by atoms with Crippen molar-refractivity contribution in [2.75, 3.05) is 26.2 Å². The lowest BCUT2D eigenvalue weighted by Crippen LogP contribution is -2.47. The van der Waals surface area contributed by atoms with Crippen molar-refractivity contribution in [1.29, 1.82) is 0 Å². The second-order valence-electron chi connectivity index (χ2n) is 5.75. The summed E-state index contributed by atoms with van der Waals surface area (Å²) in [6.45, 7) is 6.40. The van der Waals surface area contributed by atoms with Gasteiger partial charge in [-0.15, -0.1) is 0 Å². The van der Waals surface area contributed by atoms with Crippen LogP contribution in [0.25, 0.3) is 0 Å². The Morgan fingerprint density at radius 2 is 1.86 bits per heavy atom. The summed E-state index contributed by atoms with van der Waals surface area (Å²) in [5.74, 6) is 0.179. The number of carbonyl (C=O) groups excluding carboxylic acids is 2. The lowest BCUT2D eigenvalue weighted by molar-refractivity contribution is -0.133. The average Bonchev–Trinajstić information content (AvgIpc) is 2.89. The van der Waals surface area contributed by atoms with Crippen LogP contribution in [0.4, 0.5) is 0 Å². The average molecular weight is 309 g/mol. The van der Waals surface area contributed by atoms with Crippen LogP contribution in [0.15, 0.2) is 16.8 Å². The van der Waals surface area contributed by atoms with Gasteiger partial charge in [0.2, 0.25) is 5.91 Å². The molecule has 1 atom stereocenters. The van der Waals surface area contributed by atoms with Crippen molar-refractivity contribution in [1.82, 2.24) is 9.80 Å². The molecule has 6 heteroatoms. The second kappa shape index (κ2) is 7.04. The zero-order valence-corrected chi connectivity index (χ0v) is 13.4. The lowest BCUT2D eigenvalue weighted by atomic mass is 10.0.